The Bertz CT molecular complexity index is 608. The molecule has 0 spiro atoms. The summed E-state index contributed by atoms with van der Waals surface area (Å²) in [7, 11) is 0. The number of likely N-dealkylation sites (N-methyl/N-ethyl adjacent to an activating group) is 1. The molecule has 20 heavy (non-hydrogen) atoms. The van der Waals surface area contributed by atoms with E-state index in [1.165, 1.54) is 0 Å². The van der Waals surface area contributed by atoms with Gasteiger partial charge in [0.2, 0.25) is 0 Å². The van der Waals surface area contributed by atoms with Crippen LogP contribution in [0.4, 0.5) is 0 Å². The fourth-order valence-electron chi connectivity index (χ4n) is 1.72. The van der Waals surface area contributed by atoms with Gasteiger partial charge in [0.15, 0.2) is 0 Å². The number of ketones is 1. The van der Waals surface area contributed by atoms with Gasteiger partial charge in [0.05, 0.1) is 5.56 Å². The summed E-state index contributed by atoms with van der Waals surface area (Å²) in [4.78, 5) is 23.7. The summed E-state index contributed by atoms with van der Waals surface area (Å²) in [5.41, 5.74) is 0.252. The van der Waals surface area contributed by atoms with E-state index in [4.69, 9.17) is 4.74 Å². The Morgan fingerprint density at radius 2 is 1.65 bits per heavy atom. The van der Waals surface area contributed by atoms with Crippen LogP contribution in [0.25, 0.3) is 0 Å². The van der Waals surface area contributed by atoms with Crippen LogP contribution in [0.5, 0.6) is 11.5 Å². The Hall–Kier alpha value is -2.62. The third-order valence-electron chi connectivity index (χ3n) is 2.65. The molecule has 0 aliphatic heterocycles. The molecule has 2 rings (SSSR count). The van der Waals surface area contributed by atoms with E-state index < -0.39 is 11.7 Å². The maximum atomic E-state index is 12.1. The van der Waals surface area contributed by atoms with Gasteiger partial charge >= 0.3 is 0 Å². The summed E-state index contributed by atoms with van der Waals surface area (Å²) in [6.45, 7) is 2.17. The quantitative estimate of drug-likeness (QED) is 0.670. The van der Waals surface area contributed by atoms with E-state index in [1.54, 1.807) is 43.3 Å². The van der Waals surface area contributed by atoms with Crippen LogP contribution < -0.4 is 10.1 Å². The molecule has 0 saturated heterocycles. The van der Waals surface area contributed by atoms with E-state index in [-0.39, 0.29) is 5.56 Å². The highest BCUT2D eigenvalue weighted by Gasteiger charge is 2.19. The molecule has 0 atom stereocenters. The number of Topliss-reactive ketones (excluding diaryl/α,β-unsaturated/α-hetero) is 1. The summed E-state index contributed by atoms with van der Waals surface area (Å²) in [5, 5.41) is 2.49. The zero-order chi connectivity index (χ0) is 14.4. The highest BCUT2D eigenvalue weighted by atomic mass is 16.5. The van der Waals surface area contributed by atoms with Gasteiger partial charge in [0.1, 0.15) is 11.5 Å². The lowest BCUT2D eigenvalue weighted by Gasteiger charge is -2.10. The second-order valence-electron chi connectivity index (χ2n) is 4.10. The van der Waals surface area contributed by atoms with Gasteiger partial charge in [-0.05, 0) is 31.2 Å². The van der Waals surface area contributed by atoms with Gasteiger partial charge in [-0.15, -0.1) is 0 Å². The third kappa shape index (κ3) is 3.23. The van der Waals surface area contributed by atoms with Gasteiger partial charge in [0, 0.05) is 6.54 Å². The first-order chi connectivity index (χ1) is 9.72. The minimum Gasteiger partial charge on any atom is -0.457 e. The maximum Gasteiger partial charge on any atom is 0.292 e. The van der Waals surface area contributed by atoms with Crippen molar-refractivity contribution in [3.8, 4) is 11.5 Å². The van der Waals surface area contributed by atoms with E-state index in [0.29, 0.717) is 18.0 Å². The zero-order valence-corrected chi connectivity index (χ0v) is 11.1. The highest BCUT2D eigenvalue weighted by Crippen LogP contribution is 2.25. The standard InChI is InChI=1S/C16H15NO3/c1-2-17-16(19)15(18)13-10-6-7-11-14(13)20-12-8-4-3-5-9-12/h3-11H,2H2,1H3,(H,17,19). The van der Waals surface area contributed by atoms with Crippen LogP contribution in [-0.2, 0) is 4.79 Å². The van der Waals surface area contributed by atoms with Crippen molar-refractivity contribution in [3.05, 3.63) is 60.2 Å². The van der Waals surface area contributed by atoms with E-state index in [9.17, 15) is 9.59 Å². The Morgan fingerprint density at radius 3 is 2.35 bits per heavy atom. The zero-order valence-electron chi connectivity index (χ0n) is 11.1. The van der Waals surface area contributed by atoms with Crippen LogP contribution >= 0.6 is 0 Å². The third-order valence-corrected chi connectivity index (χ3v) is 2.65. The van der Waals surface area contributed by atoms with E-state index in [1.807, 2.05) is 18.2 Å². The molecule has 0 aliphatic rings. The molecule has 102 valence electrons. The van der Waals surface area contributed by atoms with Crippen molar-refractivity contribution in [2.24, 2.45) is 0 Å². The Morgan fingerprint density at radius 1 is 1.00 bits per heavy atom. The molecule has 1 amide bonds. The van der Waals surface area contributed by atoms with Gasteiger partial charge in [-0.2, -0.15) is 0 Å². The van der Waals surface area contributed by atoms with Gasteiger partial charge in [-0.3, -0.25) is 9.59 Å². The Kier molecular flexibility index (Phi) is 4.50. The van der Waals surface area contributed by atoms with Crippen molar-refractivity contribution in [1.29, 1.82) is 0 Å². The van der Waals surface area contributed by atoms with Crippen LogP contribution in [0, 0.1) is 0 Å². The van der Waals surface area contributed by atoms with Crippen molar-refractivity contribution in [2.45, 2.75) is 6.92 Å². The average molecular weight is 269 g/mol. The van der Waals surface area contributed by atoms with Crippen molar-refractivity contribution >= 4 is 11.7 Å². The topological polar surface area (TPSA) is 55.4 Å². The van der Waals surface area contributed by atoms with Crippen molar-refractivity contribution in [3.63, 3.8) is 0 Å². The summed E-state index contributed by atoms with van der Waals surface area (Å²) >= 11 is 0. The largest absolute Gasteiger partial charge is 0.457 e. The highest BCUT2D eigenvalue weighted by molar-refractivity contribution is 6.43. The molecular weight excluding hydrogens is 254 g/mol. The first-order valence-corrected chi connectivity index (χ1v) is 6.37. The second kappa shape index (κ2) is 6.52. The smallest absolute Gasteiger partial charge is 0.292 e. The molecule has 0 aliphatic carbocycles. The van der Waals surface area contributed by atoms with E-state index >= 15 is 0 Å². The average Bonchev–Trinajstić information content (AvgIpc) is 2.48. The van der Waals surface area contributed by atoms with Gasteiger partial charge in [-0.1, -0.05) is 30.3 Å². The molecule has 4 heteroatoms. The summed E-state index contributed by atoms with van der Waals surface area (Å²) in [5.74, 6) is -0.242. The number of para-hydroxylation sites is 2. The number of rotatable bonds is 5. The van der Waals surface area contributed by atoms with Gasteiger partial charge in [0.25, 0.3) is 11.7 Å². The number of hydrogen-bond acceptors (Lipinski definition) is 3. The Balaban J connectivity index is 2.27. The molecular formula is C16H15NO3. The predicted molar refractivity (Wildman–Crippen MR) is 76.0 cm³/mol. The van der Waals surface area contributed by atoms with Crippen LogP contribution in [0.3, 0.4) is 0 Å². The van der Waals surface area contributed by atoms with Crippen LogP contribution in [0.2, 0.25) is 0 Å². The first kappa shape index (κ1) is 13.8. The molecule has 0 radical (unpaired) electrons. The number of hydrogen-bond donors (Lipinski definition) is 1. The normalized spacial score (nSPS) is 9.85. The molecule has 1 N–H and O–H groups in total. The number of carbonyl (C=O) groups excluding carboxylic acids is 2. The SMILES string of the molecule is CCNC(=O)C(=O)c1ccccc1Oc1ccccc1. The molecule has 2 aromatic carbocycles. The number of ether oxygens (including phenoxy) is 1. The van der Waals surface area contributed by atoms with Crippen molar-refractivity contribution in [1.82, 2.24) is 5.32 Å². The minimum absolute atomic E-state index is 0.252. The number of nitrogens with one attached hydrogen (secondary N) is 1. The van der Waals surface area contributed by atoms with E-state index in [2.05, 4.69) is 5.32 Å². The molecule has 0 bridgehead atoms. The van der Waals surface area contributed by atoms with Crippen molar-refractivity contribution < 1.29 is 14.3 Å². The van der Waals surface area contributed by atoms with E-state index in [0.717, 1.165) is 0 Å². The molecule has 0 aromatic heterocycles. The molecule has 4 nitrogen and oxygen atoms in total. The number of carbonyl (C=O) groups is 2. The minimum atomic E-state index is -0.628. The predicted octanol–water partition coefficient (Wildman–Crippen LogP) is 2.80. The Labute approximate surface area is 117 Å². The lowest BCUT2D eigenvalue weighted by Crippen LogP contribution is -2.30. The molecule has 0 fully saturated rings. The summed E-state index contributed by atoms with van der Waals surface area (Å²) < 4.78 is 5.66. The molecule has 0 saturated carbocycles. The number of amides is 1. The van der Waals surface area contributed by atoms with Crippen molar-refractivity contribution in [2.75, 3.05) is 6.54 Å². The number of benzene rings is 2. The monoisotopic (exact) mass is 269 g/mol. The first-order valence-electron chi connectivity index (χ1n) is 6.37. The second-order valence-corrected chi connectivity index (χ2v) is 4.10. The van der Waals surface area contributed by atoms with Gasteiger partial charge < -0.3 is 10.1 Å². The fraction of sp³-hybridized carbons (Fsp3) is 0.125. The summed E-state index contributed by atoms with van der Waals surface area (Å²) in [6, 6.07) is 15.8. The van der Waals surface area contributed by atoms with Crippen LogP contribution in [-0.4, -0.2) is 18.2 Å². The molecule has 2 aromatic rings. The molecule has 0 unspecified atom stereocenters. The van der Waals surface area contributed by atoms with Crippen LogP contribution in [0.1, 0.15) is 17.3 Å². The fourth-order valence-corrected chi connectivity index (χ4v) is 1.72. The van der Waals surface area contributed by atoms with Gasteiger partial charge in [-0.25, -0.2) is 0 Å². The molecule has 0 heterocycles. The lowest BCUT2D eigenvalue weighted by molar-refractivity contribution is -0.116. The maximum absolute atomic E-state index is 12.1. The van der Waals surface area contributed by atoms with Crippen LogP contribution in [0.15, 0.2) is 54.6 Å². The summed E-state index contributed by atoms with van der Waals surface area (Å²) in [6.07, 6.45) is 0. The lowest BCUT2D eigenvalue weighted by atomic mass is 10.1.